The number of hydrogen-bond donors (Lipinski definition) is 2. The lowest BCUT2D eigenvalue weighted by atomic mass is 9.92. The second kappa shape index (κ2) is 3.92. The second-order valence-corrected chi connectivity index (χ2v) is 6.13. The summed E-state index contributed by atoms with van der Waals surface area (Å²) < 4.78 is 0. The maximum atomic E-state index is 6.16. The zero-order valence-electron chi connectivity index (χ0n) is 11.3. The van der Waals surface area contributed by atoms with Crippen LogP contribution in [0.5, 0.6) is 0 Å². The van der Waals surface area contributed by atoms with E-state index in [1.54, 1.807) is 0 Å². The van der Waals surface area contributed by atoms with E-state index >= 15 is 0 Å². The SMILES string of the molecule is Clc1ccc2[nH]c3c(c2c1)CCc1c-3[nH]c2ccccc12. The Morgan fingerprint density at radius 2 is 1.43 bits per heavy atom. The molecule has 0 radical (unpaired) electrons. The number of aromatic amines is 2. The summed E-state index contributed by atoms with van der Waals surface area (Å²) in [7, 11) is 0. The highest BCUT2D eigenvalue weighted by Crippen LogP contribution is 2.40. The van der Waals surface area contributed by atoms with Crippen molar-refractivity contribution < 1.29 is 0 Å². The Morgan fingerprint density at radius 1 is 0.762 bits per heavy atom. The Bertz CT molecular complexity index is 1010. The summed E-state index contributed by atoms with van der Waals surface area (Å²) in [5.74, 6) is 0. The summed E-state index contributed by atoms with van der Waals surface area (Å²) in [6, 6.07) is 14.6. The largest absolute Gasteiger partial charge is 0.353 e. The van der Waals surface area contributed by atoms with Crippen LogP contribution < -0.4 is 0 Å². The predicted octanol–water partition coefficient (Wildman–Crippen LogP) is 5.07. The highest BCUT2D eigenvalue weighted by molar-refractivity contribution is 6.31. The molecule has 102 valence electrons. The van der Waals surface area contributed by atoms with Crippen LogP contribution in [-0.4, -0.2) is 9.97 Å². The molecule has 0 saturated carbocycles. The van der Waals surface area contributed by atoms with Gasteiger partial charge in [-0.3, -0.25) is 0 Å². The molecule has 0 unspecified atom stereocenters. The van der Waals surface area contributed by atoms with Crippen molar-refractivity contribution in [1.82, 2.24) is 9.97 Å². The second-order valence-electron chi connectivity index (χ2n) is 5.69. The van der Waals surface area contributed by atoms with Crippen LogP contribution in [0.3, 0.4) is 0 Å². The minimum absolute atomic E-state index is 0.798. The normalized spacial score (nSPS) is 13.6. The van der Waals surface area contributed by atoms with Gasteiger partial charge < -0.3 is 9.97 Å². The number of rotatable bonds is 0. The van der Waals surface area contributed by atoms with Crippen LogP contribution >= 0.6 is 11.6 Å². The molecule has 1 aliphatic carbocycles. The lowest BCUT2D eigenvalue weighted by Gasteiger charge is -2.12. The summed E-state index contributed by atoms with van der Waals surface area (Å²) in [5.41, 5.74) is 7.65. The maximum absolute atomic E-state index is 6.16. The molecular formula is C18H13ClN2. The molecule has 2 aromatic carbocycles. The van der Waals surface area contributed by atoms with Crippen LogP contribution in [0.25, 0.3) is 33.2 Å². The van der Waals surface area contributed by atoms with Crippen molar-refractivity contribution in [2.24, 2.45) is 0 Å². The fraction of sp³-hybridized carbons (Fsp3) is 0.111. The Morgan fingerprint density at radius 3 is 2.24 bits per heavy atom. The number of fused-ring (bicyclic) bond motifs is 7. The molecule has 0 bridgehead atoms. The van der Waals surface area contributed by atoms with Crippen LogP contribution in [0.15, 0.2) is 42.5 Å². The van der Waals surface area contributed by atoms with E-state index in [0.717, 1.165) is 23.4 Å². The molecule has 2 aromatic heterocycles. The van der Waals surface area contributed by atoms with E-state index in [2.05, 4.69) is 46.4 Å². The maximum Gasteiger partial charge on any atom is 0.0666 e. The molecule has 0 saturated heterocycles. The third-order valence-electron chi connectivity index (χ3n) is 4.56. The molecular weight excluding hydrogens is 280 g/mol. The number of halogens is 1. The van der Waals surface area contributed by atoms with Gasteiger partial charge in [-0.15, -0.1) is 0 Å². The lowest BCUT2D eigenvalue weighted by molar-refractivity contribution is 0.953. The minimum Gasteiger partial charge on any atom is -0.353 e. The van der Waals surface area contributed by atoms with E-state index in [1.807, 2.05) is 6.07 Å². The van der Waals surface area contributed by atoms with E-state index in [-0.39, 0.29) is 0 Å². The Balaban J connectivity index is 1.88. The van der Waals surface area contributed by atoms with Gasteiger partial charge in [0.1, 0.15) is 0 Å². The van der Waals surface area contributed by atoms with Gasteiger partial charge in [0.15, 0.2) is 0 Å². The van der Waals surface area contributed by atoms with Gasteiger partial charge in [0.25, 0.3) is 0 Å². The molecule has 21 heavy (non-hydrogen) atoms. The van der Waals surface area contributed by atoms with Gasteiger partial charge in [0, 0.05) is 26.8 Å². The fourth-order valence-electron chi connectivity index (χ4n) is 3.62. The number of para-hydroxylation sites is 1. The van der Waals surface area contributed by atoms with Crippen LogP contribution in [0, 0.1) is 0 Å². The third-order valence-corrected chi connectivity index (χ3v) is 4.79. The zero-order valence-corrected chi connectivity index (χ0v) is 12.1. The van der Waals surface area contributed by atoms with E-state index in [4.69, 9.17) is 11.6 Å². The average Bonchev–Trinajstić information content (AvgIpc) is 3.05. The Kier molecular flexibility index (Phi) is 2.14. The highest BCUT2D eigenvalue weighted by atomic mass is 35.5. The first-order valence-electron chi connectivity index (χ1n) is 7.21. The first-order chi connectivity index (χ1) is 10.3. The molecule has 2 nitrogen and oxygen atoms in total. The van der Waals surface area contributed by atoms with Crippen molar-refractivity contribution in [1.29, 1.82) is 0 Å². The van der Waals surface area contributed by atoms with Crippen molar-refractivity contribution in [3.8, 4) is 11.4 Å². The molecule has 0 amide bonds. The van der Waals surface area contributed by atoms with Crippen LogP contribution in [0.1, 0.15) is 11.1 Å². The lowest BCUT2D eigenvalue weighted by Crippen LogP contribution is -2.01. The van der Waals surface area contributed by atoms with Crippen LogP contribution in [0.4, 0.5) is 0 Å². The monoisotopic (exact) mass is 292 g/mol. The predicted molar refractivity (Wildman–Crippen MR) is 88.0 cm³/mol. The number of hydrogen-bond acceptors (Lipinski definition) is 0. The van der Waals surface area contributed by atoms with Gasteiger partial charge in [-0.2, -0.15) is 0 Å². The molecule has 0 fully saturated rings. The molecule has 2 heterocycles. The third kappa shape index (κ3) is 1.48. The van der Waals surface area contributed by atoms with E-state index in [1.165, 1.54) is 38.8 Å². The quantitative estimate of drug-likeness (QED) is 0.453. The van der Waals surface area contributed by atoms with Gasteiger partial charge in [-0.1, -0.05) is 29.8 Å². The molecule has 0 spiro atoms. The van der Waals surface area contributed by atoms with E-state index < -0.39 is 0 Å². The van der Waals surface area contributed by atoms with Crippen LogP contribution in [0.2, 0.25) is 5.02 Å². The van der Waals surface area contributed by atoms with Crippen molar-refractivity contribution in [2.45, 2.75) is 12.8 Å². The van der Waals surface area contributed by atoms with Gasteiger partial charge in [-0.25, -0.2) is 0 Å². The molecule has 0 aliphatic heterocycles. The van der Waals surface area contributed by atoms with Crippen molar-refractivity contribution >= 4 is 33.4 Å². The van der Waals surface area contributed by atoms with Gasteiger partial charge in [0.05, 0.1) is 11.4 Å². The van der Waals surface area contributed by atoms with E-state index in [0.29, 0.717) is 0 Å². The van der Waals surface area contributed by atoms with Crippen molar-refractivity contribution in [2.75, 3.05) is 0 Å². The molecule has 2 N–H and O–H groups in total. The highest BCUT2D eigenvalue weighted by Gasteiger charge is 2.24. The minimum atomic E-state index is 0.798. The summed E-state index contributed by atoms with van der Waals surface area (Å²) >= 11 is 6.16. The molecule has 3 heteroatoms. The number of aryl methyl sites for hydroxylation is 2. The number of aromatic nitrogens is 2. The average molecular weight is 293 g/mol. The first-order valence-corrected chi connectivity index (χ1v) is 7.59. The van der Waals surface area contributed by atoms with Crippen molar-refractivity contribution in [3.63, 3.8) is 0 Å². The summed E-state index contributed by atoms with van der Waals surface area (Å²) in [6.45, 7) is 0. The van der Waals surface area contributed by atoms with Gasteiger partial charge in [0.2, 0.25) is 0 Å². The molecule has 4 aromatic rings. The van der Waals surface area contributed by atoms with Crippen molar-refractivity contribution in [3.05, 3.63) is 58.6 Å². The van der Waals surface area contributed by atoms with Gasteiger partial charge in [-0.05, 0) is 48.2 Å². The smallest absolute Gasteiger partial charge is 0.0666 e. The standard InChI is InChI=1S/C18H13ClN2/c19-10-5-8-16-14(9-10)13-7-6-12-11-3-1-2-4-15(11)20-17(12)18(13)21-16/h1-5,8-9,20-21H,6-7H2. The Labute approximate surface area is 126 Å². The summed E-state index contributed by atoms with van der Waals surface area (Å²) in [4.78, 5) is 7.15. The zero-order chi connectivity index (χ0) is 14.0. The summed E-state index contributed by atoms with van der Waals surface area (Å²) in [5, 5.41) is 3.39. The number of H-pyrrole nitrogens is 2. The molecule has 5 rings (SSSR count). The topological polar surface area (TPSA) is 31.6 Å². The fourth-order valence-corrected chi connectivity index (χ4v) is 3.79. The number of nitrogens with one attached hydrogen (secondary N) is 2. The molecule has 0 atom stereocenters. The Hall–Kier alpha value is -2.19. The number of benzene rings is 2. The first kappa shape index (κ1) is 11.5. The summed E-state index contributed by atoms with van der Waals surface area (Å²) in [6.07, 6.45) is 2.14. The molecule has 1 aliphatic rings. The van der Waals surface area contributed by atoms with Gasteiger partial charge >= 0.3 is 0 Å². The van der Waals surface area contributed by atoms with E-state index in [9.17, 15) is 0 Å². The van der Waals surface area contributed by atoms with Crippen LogP contribution in [-0.2, 0) is 12.8 Å².